The number of nitrogens with zero attached hydrogens (tertiary/aromatic N) is 1. The molecule has 1 aliphatic rings. The van der Waals surface area contributed by atoms with E-state index in [1.165, 1.54) is 20.0 Å². The lowest BCUT2D eigenvalue weighted by molar-refractivity contribution is 0.171. The van der Waals surface area contributed by atoms with Crippen LogP contribution in [0.5, 0.6) is 0 Å². The lowest BCUT2D eigenvalue weighted by Crippen LogP contribution is -2.21. The van der Waals surface area contributed by atoms with E-state index in [0.717, 1.165) is 24.5 Å². The molecule has 74 valence electrons. The van der Waals surface area contributed by atoms with Crippen molar-refractivity contribution in [1.29, 1.82) is 0 Å². The normalized spacial score (nSPS) is 22.3. The van der Waals surface area contributed by atoms with E-state index in [9.17, 15) is 4.79 Å². The van der Waals surface area contributed by atoms with Gasteiger partial charge in [-0.25, -0.2) is 10.2 Å². The smallest absolute Gasteiger partial charge is 0.427 e. The van der Waals surface area contributed by atoms with E-state index in [1.54, 1.807) is 0 Å². The zero-order valence-electron chi connectivity index (χ0n) is 8.17. The van der Waals surface area contributed by atoms with Crippen LogP contribution >= 0.6 is 0 Å². The fourth-order valence-corrected chi connectivity index (χ4v) is 1.38. The number of amides is 1. The summed E-state index contributed by atoms with van der Waals surface area (Å²) in [5.41, 5.74) is 3.42. The van der Waals surface area contributed by atoms with Crippen LogP contribution in [0.4, 0.5) is 4.79 Å². The molecular weight excluding hydrogens is 168 g/mol. The second-order valence-electron chi connectivity index (χ2n) is 3.46. The van der Waals surface area contributed by atoms with E-state index in [-0.39, 0.29) is 0 Å². The Morgan fingerprint density at radius 2 is 2.15 bits per heavy atom. The largest absolute Gasteiger partial charge is 0.452 e. The molecule has 1 N–H and O–H groups in total. The van der Waals surface area contributed by atoms with Crippen LogP contribution in [0.25, 0.3) is 0 Å². The topological polar surface area (TPSA) is 50.7 Å². The Hall–Kier alpha value is -1.06. The standard InChI is InChI=1S/C9H16N2O2/c1-7-3-5-8(6-4-7)10-11-9(12)13-2/h7H,3-6H2,1-2H3,(H,11,12). The molecule has 0 bridgehead atoms. The molecule has 0 heterocycles. The van der Waals surface area contributed by atoms with Crippen molar-refractivity contribution in [2.24, 2.45) is 11.0 Å². The van der Waals surface area contributed by atoms with Crippen molar-refractivity contribution in [3.63, 3.8) is 0 Å². The average molecular weight is 184 g/mol. The Labute approximate surface area is 78.3 Å². The van der Waals surface area contributed by atoms with Gasteiger partial charge in [-0.05, 0) is 31.6 Å². The van der Waals surface area contributed by atoms with Crippen LogP contribution in [0.1, 0.15) is 32.6 Å². The van der Waals surface area contributed by atoms with Gasteiger partial charge in [0.1, 0.15) is 0 Å². The van der Waals surface area contributed by atoms with Gasteiger partial charge in [-0.2, -0.15) is 5.10 Å². The predicted molar refractivity (Wildman–Crippen MR) is 50.6 cm³/mol. The van der Waals surface area contributed by atoms with Gasteiger partial charge in [-0.1, -0.05) is 6.92 Å². The summed E-state index contributed by atoms with van der Waals surface area (Å²) in [5, 5.41) is 3.98. The molecule has 0 spiro atoms. The van der Waals surface area contributed by atoms with Gasteiger partial charge in [0.2, 0.25) is 0 Å². The maximum absolute atomic E-state index is 10.7. The molecule has 0 unspecified atom stereocenters. The first-order valence-electron chi connectivity index (χ1n) is 4.61. The van der Waals surface area contributed by atoms with Gasteiger partial charge in [-0.15, -0.1) is 0 Å². The highest BCUT2D eigenvalue weighted by Gasteiger charge is 2.13. The maximum atomic E-state index is 10.7. The van der Waals surface area contributed by atoms with Crippen LogP contribution in [0, 0.1) is 5.92 Å². The first-order chi connectivity index (χ1) is 6.22. The lowest BCUT2D eigenvalue weighted by Gasteiger charge is -2.18. The fraction of sp³-hybridized carbons (Fsp3) is 0.778. The summed E-state index contributed by atoms with van der Waals surface area (Å²) in [5.74, 6) is 0.789. The number of hydrogen-bond acceptors (Lipinski definition) is 3. The van der Waals surface area contributed by atoms with Crippen molar-refractivity contribution >= 4 is 11.8 Å². The molecule has 4 heteroatoms. The van der Waals surface area contributed by atoms with Gasteiger partial charge >= 0.3 is 6.09 Å². The molecule has 0 saturated heterocycles. The maximum Gasteiger partial charge on any atom is 0.427 e. The van der Waals surface area contributed by atoms with Crippen molar-refractivity contribution in [2.75, 3.05) is 7.11 Å². The van der Waals surface area contributed by atoms with Crippen molar-refractivity contribution in [3.05, 3.63) is 0 Å². The summed E-state index contributed by atoms with van der Waals surface area (Å²) in [6.07, 6.45) is 3.82. The third-order valence-corrected chi connectivity index (χ3v) is 2.34. The molecule has 1 aliphatic carbocycles. The second kappa shape index (κ2) is 4.84. The molecule has 1 rings (SSSR count). The van der Waals surface area contributed by atoms with Gasteiger partial charge in [0.25, 0.3) is 0 Å². The molecule has 1 amide bonds. The fourth-order valence-electron chi connectivity index (χ4n) is 1.38. The zero-order valence-corrected chi connectivity index (χ0v) is 8.17. The van der Waals surface area contributed by atoms with Crippen LogP contribution in [0.15, 0.2) is 5.10 Å². The van der Waals surface area contributed by atoms with Gasteiger partial charge < -0.3 is 4.74 Å². The highest BCUT2D eigenvalue weighted by Crippen LogP contribution is 2.20. The summed E-state index contributed by atoms with van der Waals surface area (Å²) in [6.45, 7) is 2.24. The molecule has 0 aromatic carbocycles. The van der Waals surface area contributed by atoms with E-state index in [1.807, 2.05) is 0 Å². The van der Waals surface area contributed by atoms with Crippen LogP contribution in [-0.2, 0) is 4.74 Å². The first-order valence-corrected chi connectivity index (χ1v) is 4.61. The summed E-state index contributed by atoms with van der Waals surface area (Å²) in [7, 11) is 1.33. The highest BCUT2D eigenvalue weighted by atomic mass is 16.5. The molecule has 0 aliphatic heterocycles. The van der Waals surface area contributed by atoms with Gasteiger partial charge in [0.05, 0.1) is 7.11 Å². The number of ether oxygens (including phenoxy) is 1. The molecular formula is C9H16N2O2. The van der Waals surface area contributed by atoms with E-state index < -0.39 is 6.09 Å². The highest BCUT2D eigenvalue weighted by molar-refractivity contribution is 5.86. The molecule has 1 fully saturated rings. The Kier molecular flexibility index (Phi) is 3.73. The van der Waals surface area contributed by atoms with Crippen molar-refractivity contribution in [1.82, 2.24) is 5.43 Å². The van der Waals surface area contributed by atoms with Crippen LogP contribution in [-0.4, -0.2) is 18.9 Å². The lowest BCUT2D eigenvalue weighted by atomic mass is 9.90. The molecule has 0 atom stereocenters. The molecule has 1 saturated carbocycles. The first kappa shape index (κ1) is 10.0. The number of carbonyl (C=O) groups excluding carboxylic acids is 1. The van der Waals surface area contributed by atoms with Crippen LogP contribution in [0.2, 0.25) is 0 Å². The molecule has 0 radical (unpaired) electrons. The number of carbonyl (C=O) groups is 1. The minimum atomic E-state index is -0.494. The van der Waals surface area contributed by atoms with Crippen molar-refractivity contribution < 1.29 is 9.53 Å². The molecule has 0 aromatic heterocycles. The third-order valence-electron chi connectivity index (χ3n) is 2.34. The second-order valence-corrected chi connectivity index (χ2v) is 3.46. The molecule has 0 aromatic rings. The quantitative estimate of drug-likeness (QED) is 0.633. The SMILES string of the molecule is COC(=O)NN=C1CCC(C)CC1. The number of hydrazone groups is 1. The van der Waals surface area contributed by atoms with E-state index in [2.05, 4.69) is 22.2 Å². The van der Waals surface area contributed by atoms with E-state index >= 15 is 0 Å². The molecule has 4 nitrogen and oxygen atoms in total. The monoisotopic (exact) mass is 184 g/mol. The minimum Gasteiger partial charge on any atom is -0.452 e. The average Bonchev–Trinajstić information content (AvgIpc) is 2.16. The summed E-state index contributed by atoms with van der Waals surface area (Å²) in [4.78, 5) is 10.7. The summed E-state index contributed by atoms with van der Waals surface area (Å²) < 4.78 is 4.41. The summed E-state index contributed by atoms with van der Waals surface area (Å²) >= 11 is 0. The Balaban J connectivity index is 2.31. The Morgan fingerprint density at radius 3 is 2.69 bits per heavy atom. The zero-order chi connectivity index (χ0) is 9.68. The number of methoxy groups -OCH3 is 1. The van der Waals surface area contributed by atoms with Crippen LogP contribution in [0.3, 0.4) is 0 Å². The number of rotatable bonds is 1. The van der Waals surface area contributed by atoms with Gasteiger partial charge in [-0.3, -0.25) is 0 Å². The number of hydrogen-bond donors (Lipinski definition) is 1. The summed E-state index contributed by atoms with van der Waals surface area (Å²) in [6, 6.07) is 0. The van der Waals surface area contributed by atoms with Crippen molar-refractivity contribution in [3.8, 4) is 0 Å². The van der Waals surface area contributed by atoms with Crippen molar-refractivity contribution in [2.45, 2.75) is 32.6 Å². The Morgan fingerprint density at radius 1 is 1.54 bits per heavy atom. The third kappa shape index (κ3) is 3.44. The van der Waals surface area contributed by atoms with E-state index in [0.29, 0.717) is 0 Å². The van der Waals surface area contributed by atoms with E-state index in [4.69, 9.17) is 0 Å². The predicted octanol–water partition coefficient (Wildman–Crippen LogP) is 1.91. The number of nitrogens with one attached hydrogen (secondary N) is 1. The molecule has 13 heavy (non-hydrogen) atoms. The Bertz CT molecular complexity index is 204. The van der Waals surface area contributed by atoms with Gasteiger partial charge in [0, 0.05) is 5.71 Å². The minimum absolute atomic E-state index is 0.494. The van der Waals surface area contributed by atoms with Crippen LogP contribution < -0.4 is 5.43 Å². The van der Waals surface area contributed by atoms with Gasteiger partial charge in [0.15, 0.2) is 0 Å².